The third-order valence-corrected chi connectivity index (χ3v) is 2.61. The first-order chi connectivity index (χ1) is 8.06. The van der Waals surface area contributed by atoms with Crippen LogP contribution >= 0.6 is 0 Å². The van der Waals surface area contributed by atoms with Crippen LogP contribution in [-0.2, 0) is 0 Å². The maximum Gasteiger partial charge on any atom is 0.150 e. The van der Waals surface area contributed by atoms with Gasteiger partial charge in [-0.2, -0.15) is 0 Å². The SMILES string of the molecule is Cc1ccc(N)c(NC(C)c2ccc(C)o2)n1. The topological polar surface area (TPSA) is 64.1 Å². The van der Waals surface area contributed by atoms with Crippen LogP contribution in [0.5, 0.6) is 0 Å². The van der Waals surface area contributed by atoms with E-state index in [9.17, 15) is 0 Å². The molecular weight excluding hydrogens is 214 g/mol. The normalized spacial score (nSPS) is 12.4. The molecule has 0 aliphatic carbocycles. The number of aryl methyl sites for hydroxylation is 2. The van der Waals surface area contributed by atoms with Gasteiger partial charge >= 0.3 is 0 Å². The molecule has 0 amide bonds. The van der Waals surface area contributed by atoms with Crippen LogP contribution in [-0.4, -0.2) is 4.98 Å². The number of pyridine rings is 1. The number of anilines is 2. The van der Waals surface area contributed by atoms with Gasteiger partial charge in [-0.25, -0.2) is 4.98 Å². The average Bonchev–Trinajstić information content (AvgIpc) is 2.70. The Morgan fingerprint density at radius 1 is 1.24 bits per heavy atom. The van der Waals surface area contributed by atoms with Crippen LogP contribution in [0.2, 0.25) is 0 Å². The third kappa shape index (κ3) is 2.58. The molecule has 0 fully saturated rings. The number of hydrogen-bond donors (Lipinski definition) is 2. The standard InChI is InChI=1S/C13H17N3O/c1-8-4-6-11(14)13(15-8)16-10(3)12-7-5-9(2)17-12/h4-7,10H,14H2,1-3H3,(H,15,16). The third-order valence-electron chi connectivity index (χ3n) is 2.61. The van der Waals surface area contributed by atoms with Gasteiger partial charge in [0, 0.05) is 5.69 Å². The molecule has 4 nitrogen and oxygen atoms in total. The van der Waals surface area contributed by atoms with Gasteiger partial charge in [0.25, 0.3) is 0 Å². The van der Waals surface area contributed by atoms with E-state index in [2.05, 4.69) is 10.3 Å². The minimum Gasteiger partial charge on any atom is -0.464 e. The zero-order chi connectivity index (χ0) is 12.4. The van der Waals surface area contributed by atoms with E-state index < -0.39 is 0 Å². The average molecular weight is 231 g/mol. The Hall–Kier alpha value is -1.97. The number of nitrogens with zero attached hydrogens (tertiary/aromatic N) is 1. The lowest BCUT2D eigenvalue weighted by Crippen LogP contribution is -2.09. The number of nitrogens with two attached hydrogens (primary N) is 1. The van der Waals surface area contributed by atoms with Gasteiger partial charge in [0.1, 0.15) is 17.3 Å². The van der Waals surface area contributed by atoms with Crippen molar-refractivity contribution in [3.8, 4) is 0 Å². The number of hydrogen-bond acceptors (Lipinski definition) is 4. The highest BCUT2D eigenvalue weighted by Crippen LogP contribution is 2.23. The molecule has 1 unspecified atom stereocenters. The van der Waals surface area contributed by atoms with E-state index in [-0.39, 0.29) is 6.04 Å². The van der Waals surface area contributed by atoms with Crippen molar-refractivity contribution >= 4 is 11.5 Å². The second-order valence-electron chi connectivity index (χ2n) is 4.20. The molecule has 3 N–H and O–H groups in total. The molecule has 4 heteroatoms. The number of aromatic nitrogens is 1. The molecule has 90 valence electrons. The summed E-state index contributed by atoms with van der Waals surface area (Å²) in [6.45, 7) is 5.88. The molecule has 2 rings (SSSR count). The predicted molar refractivity (Wildman–Crippen MR) is 68.9 cm³/mol. The number of nitrogen functional groups attached to an aromatic ring is 1. The molecule has 2 heterocycles. The zero-order valence-electron chi connectivity index (χ0n) is 10.3. The van der Waals surface area contributed by atoms with Gasteiger partial charge in [0.15, 0.2) is 0 Å². The molecule has 0 aliphatic rings. The Morgan fingerprint density at radius 3 is 2.65 bits per heavy atom. The van der Waals surface area contributed by atoms with Crippen molar-refractivity contribution < 1.29 is 4.42 Å². The first-order valence-electron chi connectivity index (χ1n) is 5.62. The monoisotopic (exact) mass is 231 g/mol. The summed E-state index contributed by atoms with van der Waals surface area (Å²) in [6.07, 6.45) is 0. The molecule has 17 heavy (non-hydrogen) atoms. The summed E-state index contributed by atoms with van der Waals surface area (Å²) in [5.74, 6) is 2.48. The van der Waals surface area contributed by atoms with Gasteiger partial charge in [-0.3, -0.25) is 0 Å². The van der Waals surface area contributed by atoms with Crippen molar-refractivity contribution in [3.63, 3.8) is 0 Å². The van der Waals surface area contributed by atoms with Crippen molar-refractivity contribution in [1.29, 1.82) is 0 Å². The summed E-state index contributed by atoms with van der Waals surface area (Å²) in [5, 5.41) is 3.25. The Morgan fingerprint density at radius 2 is 2.00 bits per heavy atom. The highest BCUT2D eigenvalue weighted by Gasteiger charge is 2.11. The van der Waals surface area contributed by atoms with E-state index in [4.69, 9.17) is 10.2 Å². The van der Waals surface area contributed by atoms with Gasteiger partial charge in [-0.05, 0) is 45.0 Å². The van der Waals surface area contributed by atoms with Gasteiger partial charge in [-0.15, -0.1) is 0 Å². The smallest absolute Gasteiger partial charge is 0.150 e. The van der Waals surface area contributed by atoms with Crippen molar-refractivity contribution in [2.75, 3.05) is 11.1 Å². The second kappa shape index (κ2) is 4.49. The van der Waals surface area contributed by atoms with Crippen LogP contribution in [0, 0.1) is 13.8 Å². The number of rotatable bonds is 3. The first-order valence-corrected chi connectivity index (χ1v) is 5.62. The van der Waals surface area contributed by atoms with Crippen LogP contribution in [0.25, 0.3) is 0 Å². The lowest BCUT2D eigenvalue weighted by atomic mass is 10.2. The summed E-state index contributed by atoms with van der Waals surface area (Å²) in [4.78, 5) is 4.37. The molecular formula is C13H17N3O. The van der Waals surface area contributed by atoms with Crippen molar-refractivity contribution in [2.24, 2.45) is 0 Å². The molecule has 0 saturated heterocycles. The molecule has 0 aromatic carbocycles. The Kier molecular flexibility index (Phi) is 3.04. The molecule has 2 aromatic rings. The zero-order valence-corrected chi connectivity index (χ0v) is 10.3. The molecule has 0 radical (unpaired) electrons. The van der Waals surface area contributed by atoms with Crippen molar-refractivity contribution in [2.45, 2.75) is 26.8 Å². The Bertz CT molecular complexity index is 519. The Balaban J connectivity index is 2.18. The van der Waals surface area contributed by atoms with Crippen molar-refractivity contribution in [3.05, 3.63) is 41.5 Å². The molecule has 0 spiro atoms. The molecule has 0 saturated carbocycles. The highest BCUT2D eigenvalue weighted by atomic mass is 16.3. The maximum atomic E-state index is 5.87. The lowest BCUT2D eigenvalue weighted by molar-refractivity contribution is 0.466. The van der Waals surface area contributed by atoms with E-state index in [0.717, 1.165) is 17.2 Å². The van der Waals surface area contributed by atoms with E-state index in [1.165, 1.54) is 0 Å². The number of nitrogens with one attached hydrogen (secondary N) is 1. The predicted octanol–water partition coefficient (Wildman–Crippen LogP) is 3.05. The van der Waals surface area contributed by atoms with Gasteiger partial charge < -0.3 is 15.5 Å². The van der Waals surface area contributed by atoms with Crippen LogP contribution in [0.4, 0.5) is 11.5 Å². The summed E-state index contributed by atoms with van der Waals surface area (Å²) < 4.78 is 5.56. The van der Waals surface area contributed by atoms with E-state index in [1.807, 2.05) is 45.0 Å². The fraction of sp³-hybridized carbons (Fsp3) is 0.308. The van der Waals surface area contributed by atoms with E-state index in [1.54, 1.807) is 0 Å². The van der Waals surface area contributed by atoms with Crippen LogP contribution < -0.4 is 11.1 Å². The minimum atomic E-state index is 0.0419. The fourth-order valence-corrected chi connectivity index (χ4v) is 1.65. The van der Waals surface area contributed by atoms with Gasteiger partial charge in [-0.1, -0.05) is 0 Å². The first kappa shape index (κ1) is 11.5. The largest absolute Gasteiger partial charge is 0.464 e. The molecule has 0 bridgehead atoms. The summed E-state index contributed by atoms with van der Waals surface area (Å²) in [5.41, 5.74) is 7.44. The lowest BCUT2D eigenvalue weighted by Gasteiger charge is -2.14. The summed E-state index contributed by atoms with van der Waals surface area (Å²) >= 11 is 0. The second-order valence-corrected chi connectivity index (χ2v) is 4.20. The molecule has 1 atom stereocenters. The fourth-order valence-electron chi connectivity index (χ4n) is 1.65. The minimum absolute atomic E-state index is 0.0419. The summed E-state index contributed by atoms with van der Waals surface area (Å²) in [6, 6.07) is 7.69. The number of furan rings is 1. The van der Waals surface area contributed by atoms with Crippen LogP contribution in [0.1, 0.15) is 30.2 Å². The van der Waals surface area contributed by atoms with Crippen molar-refractivity contribution in [1.82, 2.24) is 4.98 Å². The maximum absolute atomic E-state index is 5.87. The van der Waals surface area contributed by atoms with E-state index >= 15 is 0 Å². The van der Waals surface area contributed by atoms with Crippen LogP contribution in [0.3, 0.4) is 0 Å². The quantitative estimate of drug-likeness (QED) is 0.852. The van der Waals surface area contributed by atoms with Crippen LogP contribution in [0.15, 0.2) is 28.7 Å². The van der Waals surface area contributed by atoms with Gasteiger partial charge in [0.2, 0.25) is 0 Å². The Labute approximate surface area is 101 Å². The van der Waals surface area contributed by atoms with Gasteiger partial charge in [0.05, 0.1) is 11.7 Å². The van der Waals surface area contributed by atoms with E-state index in [0.29, 0.717) is 11.5 Å². The summed E-state index contributed by atoms with van der Waals surface area (Å²) in [7, 11) is 0. The molecule has 2 aromatic heterocycles. The molecule has 0 aliphatic heterocycles. The highest BCUT2D eigenvalue weighted by molar-refractivity contribution is 5.61.